The van der Waals surface area contributed by atoms with Crippen molar-refractivity contribution in [2.45, 2.75) is 33.1 Å². The number of anilines is 1. The van der Waals surface area contributed by atoms with Gasteiger partial charge in [0.15, 0.2) is 9.84 Å². The van der Waals surface area contributed by atoms with E-state index in [4.69, 9.17) is 0 Å². The average molecular weight is 269 g/mol. The molecule has 1 aromatic rings. The zero-order chi connectivity index (χ0) is 13.6. The largest absolute Gasteiger partial charge is 0.384 e. The van der Waals surface area contributed by atoms with E-state index in [1.165, 1.54) is 5.56 Å². The van der Waals surface area contributed by atoms with Crippen molar-refractivity contribution in [3.05, 3.63) is 29.8 Å². The van der Waals surface area contributed by atoms with Crippen molar-refractivity contribution in [2.75, 3.05) is 23.4 Å². The van der Waals surface area contributed by atoms with Crippen LogP contribution in [0.15, 0.2) is 24.3 Å². The van der Waals surface area contributed by atoms with E-state index in [2.05, 4.69) is 25.2 Å². The molecule has 0 bridgehead atoms. The molecule has 0 saturated carbocycles. The third kappa shape index (κ3) is 4.69. The summed E-state index contributed by atoms with van der Waals surface area (Å²) >= 11 is 0. The molecule has 1 N–H and O–H groups in total. The zero-order valence-corrected chi connectivity index (χ0v) is 12.3. The van der Waals surface area contributed by atoms with Gasteiger partial charge >= 0.3 is 0 Å². The Kier molecular flexibility index (Phi) is 5.66. The number of nitrogens with one attached hydrogen (secondary N) is 1. The molecule has 0 atom stereocenters. The number of para-hydroxylation sites is 1. The van der Waals surface area contributed by atoms with Gasteiger partial charge in [-0.15, -0.1) is 0 Å². The summed E-state index contributed by atoms with van der Waals surface area (Å²) in [7, 11) is -2.90. The van der Waals surface area contributed by atoms with Crippen molar-refractivity contribution >= 4 is 15.5 Å². The highest BCUT2D eigenvalue weighted by Gasteiger charge is 2.10. The molecule has 102 valence electrons. The molecule has 0 fully saturated rings. The monoisotopic (exact) mass is 269 g/mol. The van der Waals surface area contributed by atoms with Gasteiger partial charge in [-0.05, 0) is 24.0 Å². The Morgan fingerprint density at radius 2 is 1.83 bits per heavy atom. The van der Waals surface area contributed by atoms with E-state index < -0.39 is 9.84 Å². The lowest BCUT2D eigenvalue weighted by Gasteiger charge is -2.14. The van der Waals surface area contributed by atoms with Crippen LogP contribution < -0.4 is 5.32 Å². The standard InChI is InChI=1S/C14H23NO2S/c1-4-10-18(16,17)11-9-15-14-8-6-5-7-13(14)12(2)3/h5-8,12,15H,4,9-11H2,1-3H3. The molecule has 0 aliphatic carbocycles. The average Bonchev–Trinajstić information content (AvgIpc) is 2.29. The summed E-state index contributed by atoms with van der Waals surface area (Å²) in [5.41, 5.74) is 2.27. The molecule has 0 aliphatic heterocycles. The molecular formula is C14H23NO2S. The van der Waals surface area contributed by atoms with Gasteiger partial charge in [0.05, 0.1) is 5.75 Å². The Bertz CT molecular complexity index is 466. The van der Waals surface area contributed by atoms with Gasteiger partial charge in [0.25, 0.3) is 0 Å². The molecule has 0 aromatic heterocycles. The van der Waals surface area contributed by atoms with Crippen LogP contribution in [0.25, 0.3) is 0 Å². The minimum atomic E-state index is -2.90. The van der Waals surface area contributed by atoms with Crippen LogP contribution in [0.5, 0.6) is 0 Å². The van der Waals surface area contributed by atoms with E-state index in [0.717, 1.165) is 5.69 Å². The first-order chi connectivity index (χ1) is 8.46. The zero-order valence-electron chi connectivity index (χ0n) is 11.4. The minimum absolute atomic E-state index is 0.202. The van der Waals surface area contributed by atoms with E-state index in [1.807, 2.05) is 25.1 Å². The lowest BCUT2D eigenvalue weighted by molar-refractivity contribution is 0.595. The fourth-order valence-electron chi connectivity index (χ4n) is 1.92. The molecular weight excluding hydrogens is 246 g/mol. The number of benzene rings is 1. The second-order valence-corrected chi connectivity index (χ2v) is 7.12. The second kappa shape index (κ2) is 6.78. The van der Waals surface area contributed by atoms with Crippen molar-refractivity contribution in [2.24, 2.45) is 0 Å². The fraction of sp³-hybridized carbons (Fsp3) is 0.571. The Hall–Kier alpha value is -1.03. The quantitative estimate of drug-likeness (QED) is 0.827. The van der Waals surface area contributed by atoms with Crippen molar-refractivity contribution < 1.29 is 8.42 Å². The molecule has 0 spiro atoms. The minimum Gasteiger partial charge on any atom is -0.384 e. The molecule has 1 aromatic carbocycles. The predicted octanol–water partition coefficient (Wildman–Crippen LogP) is 3.05. The second-order valence-electron chi connectivity index (χ2n) is 4.82. The van der Waals surface area contributed by atoms with Crippen LogP contribution in [0.4, 0.5) is 5.69 Å². The lowest BCUT2D eigenvalue weighted by Crippen LogP contribution is -2.18. The van der Waals surface area contributed by atoms with Crippen LogP contribution >= 0.6 is 0 Å². The van der Waals surface area contributed by atoms with Gasteiger partial charge in [-0.1, -0.05) is 39.0 Å². The highest BCUT2D eigenvalue weighted by molar-refractivity contribution is 7.91. The van der Waals surface area contributed by atoms with E-state index in [1.54, 1.807) is 0 Å². The first-order valence-corrected chi connectivity index (χ1v) is 8.31. The summed E-state index contributed by atoms with van der Waals surface area (Å²) in [6, 6.07) is 8.05. The Labute approximate surface area is 111 Å². The number of rotatable bonds is 7. The highest BCUT2D eigenvalue weighted by Crippen LogP contribution is 2.23. The van der Waals surface area contributed by atoms with Gasteiger partial charge in [-0.2, -0.15) is 0 Å². The third-order valence-corrected chi connectivity index (χ3v) is 4.68. The fourth-order valence-corrected chi connectivity index (χ4v) is 3.15. The van der Waals surface area contributed by atoms with Crippen LogP contribution in [0.1, 0.15) is 38.7 Å². The molecule has 1 rings (SSSR count). The van der Waals surface area contributed by atoms with Crippen molar-refractivity contribution in [3.63, 3.8) is 0 Å². The summed E-state index contributed by atoms with van der Waals surface area (Å²) in [6.45, 7) is 6.63. The van der Waals surface area contributed by atoms with Gasteiger partial charge in [-0.25, -0.2) is 8.42 Å². The molecule has 0 saturated heterocycles. The van der Waals surface area contributed by atoms with Crippen LogP contribution in [0.2, 0.25) is 0 Å². The normalized spacial score (nSPS) is 11.8. The summed E-state index contributed by atoms with van der Waals surface area (Å²) in [5, 5.41) is 3.23. The maximum atomic E-state index is 11.6. The van der Waals surface area contributed by atoms with Gasteiger partial charge < -0.3 is 5.32 Å². The molecule has 0 aliphatic rings. The summed E-state index contributed by atoms with van der Waals surface area (Å²) in [4.78, 5) is 0. The third-order valence-electron chi connectivity index (χ3n) is 2.83. The van der Waals surface area contributed by atoms with E-state index in [9.17, 15) is 8.42 Å². The molecule has 0 heterocycles. The van der Waals surface area contributed by atoms with Gasteiger partial charge in [0, 0.05) is 18.0 Å². The van der Waals surface area contributed by atoms with E-state index in [-0.39, 0.29) is 11.5 Å². The van der Waals surface area contributed by atoms with Gasteiger partial charge in [-0.3, -0.25) is 0 Å². The van der Waals surface area contributed by atoms with Crippen LogP contribution in [0, 0.1) is 0 Å². The van der Waals surface area contributed by atoms with Gasteiger partial charge in [0.1, 0.15) is 0 Å². The number of hydrogen-bond acceptors (Lipinski definition) is 3. The molecule has 0 amide bonds. The van der Waals surface area contributed by atoms with E-state index in [0.29, 0.717) is 18.9 Å². The Balaban J connectivity index is 2.59. The molecule has 18 heavy (non-hydrogen) atoms. The van der Waals surface area contributed by atoms with Crippen LogP contribution in [-0.4, -0.2) is 26.5 Å². The number of sulfone groups is 1. The smallest absolute Gasteiger partial charge is 0.152 e. The maximum absolute atomic E-state index is 11.6. The Morgan fingerprint density at radius 1 is 1.17 bits per heavy atom. The summed E-state index contributed by atoms with van der Waals surface area (Å²) in [6.07, 6.45) is 0.685. The van der Waals surface area contributed by atoms with Crippen LogP contribution in [0.3, 0.4) is 0 Å². The van der Waals surface area contributed by atoms with Crippen molar-refractivity contribution in [1.29, 1.82) is 0 Å². The predicted molar refractivity (Wildman–Crippen MR) is 78.0 cm³/mol. The molecule has 0 unspecified atom stereocenters. The van der Waals surface area contributed by atoms with Crippen molar-refractivity contribution in [3.8, 4) is 0 Å². The summed E-state index contributed by atoms with van der Waals surface area (Å²) < 4.78 is 23.2. The Morgan fingerprint density at radius 3 is 2.44 bits per heavy atom. The lowest BCUT2D eigenvalue weighted by atomic mass is 10.0. The SMILES string of the molecule is CCCS(=O)(=O)CCNc1ccccc1C(C)C. The topological polar surface area (TPSA) is 46.2 Å². The molecule has 3 nitrogen and oxygen atoms in total. The first kappa shape index (κ1) is 15.0. The highest BCUT2D eigenvalue weighted by atomic mass is 32.2. The van der Waals surface area contributed by atoms with E-state index >= 15 is 0 Å². The molecule has 4 heteroatoms. The van der Waals surface area contributed by atoms with Crippen molar-refractivity contribution in [1.82, 2.24) is 0 Å². The molecule has 0 radical (unpaired) electrons. The number of hydrogen-bond donors (Lipinski definition) is 1. The summed E-state index contributed by atoms with van der Waals surface area (Å²) in [5.74, 6) is 0.911. The first-order valence-electron chi connectivity index (χ1n) is 6.49. The maximum Gasteiger partial charge on any atom is 0.152 e. The van der Waals surface area contributed by atoms with Crippen LogP contribution in [-0.2, 0) is 9.84 Å². The van der Waals surface area contributed by atoms with Gasteiger partial charge in [0.2, 0.25) is 0 Å².